The predicted octanol–water partition coefficient (Wildman–Crippen LogP) is 2.78. The van der Waals surface area contributed by atoms with Crippen molar-refractivity contribution >= 4 is 5.82 Å². The molecule has 3 heterocycles. The molecule has 0 saturated carbocycles. The molecule has 0 aliphatic carbocycles. The molecule has 0 unspecified atom stereocenters. The zero-order valence-electron chi connectivity index (χ0n) is 15.8. The highest BCUT2D eigenvalue weighted by atomic mass is 16.5. The van der Waals surface area contributed by atoms with Crippen LogP contribution in [0, 0.1) is 0 Å². The Bertz CT molecular complexity index is 942. The smallest absolute Gasteiger partial charge is 0.259 e. The van der Waals surface area contributed by atoms with Gasteiger partial charge in [0.05, 0.1) is 31.5 Å². The molecule has 1 atom stereocenters. The van der Waals surface area contributed by atoms with Crippen LogP contribution in [-0.4, -0.2) is 53.6 Å². The van der Waals surface area contributed by atoms with Crippen LogP contribution in [0.2, 0.25) is 0 Å². The molecular formula is C20H22N4O4. The highest BCUT2D eigenvalue weighted by Crippen LogP contribution is 2.37. The Balaban J connectivity index is 1.58. The minimum Gasteiger partial charge on any atom is -0.493 e. The van der Waals surface area contributed by atoms with E-state index in [2.05, 4.69) is 20.0 Å². The van der Waals surface area contributed by atoms with Crippen molar-refractivity contribution in [2.24, 2.45) is 0 Å². The predicted molar refractivity (Wildman–Crippen MR) is 104 cm³/mol. The molecule has 8 nitrogen and oxygen atoms in total. The van der Waals surface area contributed by atoms with Crippen LogP contribution in [0.5, 0.6) is 11.5 Å². The van der Waals surface area contributed by atoms with E-state index in [1.807, 2.05) is 30.3 Å². The first-order valence-electron chi connectivity index (χ1n) is 9.14. The number of rotatable bonds is 5. The normalized spacial score (nSPS) is 16.8. The molecule has 1 fully saturated rings. The second kappa shape index (κ2) is 7.85. The molecule has 1 aliphatic rings. The van der Waals surface area contributed by atoms with E-state index in [9.17, 15) is 5.11 Å². The van der Waals surface area contributed by atoms with Crippen LogP contribution in [0.4, 0.5) is 5.82 Å². The van der Waals surface area contributed by atoms with E-state index in [0.29, 0.717) is 35.3 Å². The molecule has 0 radical (unpaired) electrons. The number of benzene rings is 1. The fourth-order valence-corrected chi connectivity index (χ4v) is 3.38. The van der Waals surface area contributed by atoms with E-state index in [0.717, 1.165) is 30.8 Å². The maximum atomic E-state index is 9.84. The van der Waals surface area contributed by atoms with Gasteiger partial charge < -0.3 is 24.0 Å². The number of anilines is 1. The summed E-state index contributed by atoms with van der Waals surface area (Å²) < 4.78 is 16.2. The summed E-state index contributed by atoms with van der Waals surface area (Å²) in [6.45, 7) is 1.50. The first-order valence-corrected chi connectivity index (χ1v) is 9.14. The molecule has 1 saturated heterocycles. The Morgan fingerprint density at radius 1 is 1.18 bits per heavy atom. The lowest BCUT2D eigenvalue weighted by Crippen LogP contribution is -2.38. The van der Waals surface area contributed by atoms with E-state index in [1.54, 1.807) is 20.4 Å². The topological polar surface area (TPSA) is 93.7 Å². The molecule has 1 aliphatic heterocycles. The average Bonchev–Trinajstić information content (AvgIpc) is 3.23. The Kier molecular flexibility index (Phi) is 5.12. The summed E-state index contributed by atoms with van der Waals surface area (Å²) in [6.07, 6.45) is 3.20. The maximum absolute atomic E-state index is 9.84. The number of β-amino-alcohol motifs (C(OH)–C–C–N with tert-alkyl or cyclic N) is 1. The third kappa shape index (κ3) is 3.50. The number of para-hydroxylation sites is 1. The zero-order valence-corrected chi connectivity index (χ0v) is 15.8. The fourth-order valence-electron chi connectivity index (χ4n) is 3.38. The van der Waals surface area contributed by atoms with Crippen LogP contribution in [0.15, 0.2) is 41.1 Å². The lowest BCUT2D eigenvalue weighted by molar-refractivity contribution is 0.154. The summed E-state index contributed by atoms with van der Waals surface area (Å²) in [7, 11) is 3.15. The third-order valence-corrected chi connectivity index (χ3v) is 4.79. The number of methoxy groups -OCH3 is 2. The van der Waals surface area contributed by atoms with Gasteiger partial charge in [0.25, 0.3) is 5.89 Å². The number of hydrogen-bond donors (Lipinski definition) is 1. The van der Waals surface area contributed by atoms with Crippen molar-refractivity contribution in [1.29, 1.82) is 0 Å². The van der Waals surface area contributed by atoms with Crippen molar-refractivity contribution in [2.75, 3.05) is 32.2 Å². The van der Waals surface area contributed by atoms with Crippen molar-refractivity contribution in [3.63, 3.8) is 0 Å². The van der Waals surface area contributed by atoms with Crippen molar-refractivity contribution in [3.05, 3.63) is 36.5 Å². The molecule has 8 heteroatoms. The maximum Gasteiger partial charge on any atom is 0.259 e. The second-order valence-corrected chi connectivity index (χ2v) is 6.61. The number of nitrogens with zero attached hydrogens (tertiary/aromatic N) is 4. The second-order valence-electron chi connectivity index (χ2n) is 6.61. The number of hydrogen-bond acceptors (Lipinski definition) is 8. The van der Waals surface area contributed by atoms with Gasteiger partial charge in [-0.2, -0.15) is 4.98 Å². The number of piperidine rings is 1. The summed E-state index contributed by atoms with van der Waals surface area (Å²) in [4.78, 5) is 11.1. The zero-order chi connectivity index (χ0) is 19.5. The standard InChI is InChI=1S/C20H22N4O4/c1-26-16-7-3-6-15(18(16)27-2)19-22-20(28-23-19)13-8-9-17(21-11-13)24-10-4-5-14(25)12-24/h3,6-9,11,14,25H,4-5,10,12H2,1-2H3/t14-/m0/s1. The largest absolute Gasteiger partial charge is 0.493 e. The third-order valence-electron chi connectivity index (χ3n) is 4.79. The quantitative estimate of drug-likeness (QED) is 0.720. The Morgan fingerprint density at radius 3 is 2.79 bits per heavy atom. The van der Waals surface area contributed by atoms with Gasteiger partial charge in [-0.25, -0.2) is 4.98 Å². The molecular weight excluding hydrogens is 360 g/mol. The van der Waals surface area contributed by atoms with Gasteiger partial charge in [0.15, 0.2) is 11.5 Å². The molecule has 28 heavy (non-hydrogen) atoms. The van der Waals surface area contributed by atoms with Gasteiger partial charge in [0.2, 0.25) is 5.82 Å². The van der Waals surface area contributed by atoms with Crippen molar-refractivity contribution in [3.8, 4) is 34.3 Å². The minimum absolute atomic E-state index is 0.299. The summed E-state index contributed by atoms with van der Waals surface area (Å²) in [5, 5.41) is 13.9. The van der Waals surface area contributed by atoms with Gasteiger partial charge in [-0.1, -0.05) is 11.2 Å². The Morgan fingerprint density at radius 2 is 2.07 bits per heavy atom. The summed E-state index contributed by atoms with van der Waals surface area (Å²) in [6, 6.07) is 9.30. The van der Waals surface area contributed by atoms with Gasteiger partial charge in [-0.05, 0) is 37.1 Å². The molecule has 1 N–H and O–H groups in total. The first-order chi connectivity index (χ1) is 13.7. The Labute approximate surface area is 162 Å². The number of aliphatic hydroxyl groups excluding tert-OH is 1. The van der Waals surface area contributed by atoms with Gasteiger partial charge in [0, 0.05) is 19.3 Å². The molecule has 146 valence electrons. The van der Waals surface area contributed by atoms with Gasteiger partial charge in [-0.15, -0.1) is 0 Å². The van der Waals surface area contributed by atoms with Gasteiger partial charge in [0.1, 0.15) is 5.82 Å². The van der Waals surface area contributed by atoms with Crippen LogP contribution < -0.4 is 14.4 Å². The van der Waals surface area contributed by atoms with Crippen molar-refractivity contribution in [2.45, 2.75) is 18.9 Å². The lowest BCUT2D eigenvalue weighted by atomic mass is 10.1. The van der Waals surface area contributed by atoms with Crippen LogP contribution in [-0.2, 0) is 0 Å². The molecule has 0 spiro atoms. The highest BCUT2D eigenvalue weighted by Gasteiger charge is 2.20. The highest BCUT2D eigenvalue weighted by molar-refractivity contribution is 5.69. The summed E-state index contributed by atoms with van der Waals surface area (Å²) in [5.41, 5.74) is 1.41. The summed E-state index contributed by atoms with van der Waals surface area (Å²) >= 11 is 0. The molecule has 2 aromatic heterocycles. The molecule has 0 bridgehead atoms. The van der Waals surface area contributed by atoms with Crippen LogP contribution in [0.3, 0.4) is 0 Å². The van der Waals surface area contributed by atoms with E-state index in [4.69, 9.17) is 14.0 Å². The van der Waals surface area contributed by atoms with Gasteiger partial charge in [-0.3, -0.25) is 0 Å². The monoisotopic (exact) mass is 382 g/mol. The number of aliphatic hydroxyl groups is 1. The van der Waals surface area contributed by atoms with Crippen LogP contribution in [0.1, 0.15) is 12.8 Å². The lowest BCUT2D eigenvalue weighted by Gasteiger charge is -2.30. The van der Waals surface area contributed by atoms with Crippen LogP contribution in [0.25, 0.3) is 22.8 Å². The summed E-state index contributed by atoms with van der Waals surface area (Å²) in [5.74, 6) is 2.76. The Hall–Kier alpha value is -3.13. The van der Waals surface area contributed by atoms with Crippen LogP contribution >= 0.6 is 0 Å². The van der Waals surface area contributed by atoms with Crippen molar-refractivity contribution in [1.82, 2.24) is 15.1 Å². The molecule has 4 rings (SSSR count). The average molecular weight is 382 g/mol. The molecule has 1 aromatic carbocycles. The number of ether oxygens (including phenoxy) is 2. The number of aromatic nitrogens is 3. The van der Waals surface area contributed by atoms with Crippen molar-refractivity contribution < 1.29 is 19.1 Å². The van der Waals surface area contributed by atoms with E-state index >= 15 is 0 Å². The minimum atomic E-state index is -0.299. The molecule has 0 amide bonds. The fraction of sp³-hybridized carbons (Fsp3) is 0.350. The van der Waals surface area contributed by atoms with E-state index in [-0.39, 0.29) is 6.10 Å². The number of pyridine rings is 1. The van der Waals surface area contributed by atoms with E-state index in [1.165, 1.54) is 0 Å². The SMILES string of the molecule is COc1cccc(-c2noc(-c3ccc(N4CCC[C@H](O)C4)nc3)n2)c1OC. The van der Waals surface area contributed by atoms with Gasteiger partial charge >= 0.3 is 0 Å². The molecule has 3 aromatic rings. The first kappa shape index (κ1) is 18.2. The van der Waals surface area contributed by atoms with E-state index < -0.39 is 0 Å².